The van der Waals surface area contributed by atoms with Gasteiger partial charge in [-0.05, 0) is 29.8 Å². The number of halogens is 3. The summed E-state index contributed by atoms with van der Waals surface area (Å²) < 4.78 is 0.578. The van der Waals surface area contributed by atoms with Gasteiger partial charge < -0.3 is 15.5 Å². The van der Waals surface area contributed by atoms with E-state index in [0.29, 0.717) is 37.9 Å². The lowest BCUT2D eigenvalue weighted by Gasteiger charge is -2.10. The number of anilines is 2. The molecule has 1 unspecified atom stereocenters. The summed E-state index contributed by atoms with van der Waals surface area (Å²) in [5.74, 6) is -0.173. The number of hydrogen-bond acceptors (Lipinski definition) is 6. The Hall–Kier alpha value is -2.32. The summed E-state index contributed by atoms with van der Waals surface area (Å²) in [4.78, 5) is 22.1. The lowest BCUT2D eigenvalue weighted by Crippen LogP contribution is -2.31. The maximum Gasteiger partial charge on any atom is 0.261 e. The number of nitrogens with zero attached hydrogens (tertiary/aromatic N) is 2. The van der Waals surface area contributed by atoms with E-state index < -0.39 is 0 Å². The number of benzene rings is 1. The third-order valence-corrected chi connectivity index (χ3v) is 6.16. The predicted octanol–water partition coefficient (Wildman–Crippen LogP) is 5.77. The van der Waals surface area contributed by atoms with Gasteiger partial charge >= 0.3 is 0 Å². The molecule has 10 heteroatoms. The molecule has 1 aromatic carbocycles. The molecule has 0 saturated carbocycles. The van der Waals surface area contributed by atoms with E-state index in [4.69, 9.17) is 39.6 Å². The first kappa shape index (κ1) is 20.9. The van der Waals surface area contributed by atoms with Crippen molar-refractivity contribution >= 4 is 69.1 Å². The van der Waals surface area contributed by atoms with Gasteiger partial charge in [0.2, 0.25) is 0 Å². The lowest BCUT2D eigenvalue weighted by molar-refractivity contribution is 0.0755. The average Bonchev–Trinajstić information content (AvgIpc) is 3.39. The molecule has 154 valence electrons. The first-order valence-corrected chi connectivity index (χ1v) is 10.9. The van der Waals surface area contributed by atoms with Gasteiger partial charge in [0.15, 0.2) is 0 Å². The van der Waals surface area contributed by atoms with Gasteiger partial charge in [-0.1, -0.05) is 52.1 Å². The highest BCUT2D eigenvalue weighted by molar-refractivity contribution is 7.18. The van der Waals surface area contributed by atoms with Crippen molar-refractivity contribution in [1.29, 1.82) is 0 Å². The molecule has 1 aliphatic rings. The van der Waals surface area contributed by atoms with Crippen LogP contribution in [0.4, 0.5) is 11.4 Å². The fraction of sp³-hybridized carbons (Fsp3) is 0.150. The number of aromatic nitrogens is 1. The van der Waals surface area contributed by atoms with E-state index >= 15 is 0 Å². The van der Waals surface area contributed by atoms with Crippen LogP contribution in [0, 0.1) is 0 Å². The summed E-state index contributed by atoms with van der Waals surface area (Å²) in [6, 6.07) is 11.1. The van der Waals surface area contributed by atoms with Crippen LogP contribution in [-0.4, -0.2) is 29.3 Å². The average molecular weight is 482 g/mol. The van der Waals surface area contributed by atoms with E-state index in [9.17, 15) is 4.79 Å². The van der Waals surface area contributed by atoms with Crippen molar-refractivity contribution in [3.8, 4) is 0 Å². The highest BCUT2D eigenvalue weighted by atomic mass is 35.5. The molecule has 0 spiro atoms. The zero-order valence-electron chi connectivity index (χ0n) is 15.4. The van der Waals surface area contributed by atoms with Gasteiger partial charge in [-0.3, -0.25) is 9.78 Å². The number of amides is 1. The molecule has 6 nitrogen and oxygen atoms in total. The highest BCUT2D eigenvalue weighted by Crippen LogP contribution is 2.31. The van der Waals surface area contributed by atoms with Crippen LogP contribution in [0.15, 0.2) is 53.9 Å². The quantitative estimate of drug-likeness (QED) is 0.469. The smallest absolute Gasteiger partial charge is 0.261 e. The molecule has 1 atom stereocenters. The molecule has 0 radical (unpaired) electrons. The third-order valence-electron chi connectivity index (χ3n) is 4.36. The molecule has 2 aromatic heterocycles. The number of carbonyl (C=O) groups excluding carboxylic acids is 1. The molecule has 2 N–H and O–H groups in total. The van der Waals surface area contributed by atoms with Crippen LogP contribution in [0.2, 0.25) is 14.4 Å². The van der Waals surface area contributed by atoms with Gasteiger partial charge in [0.25, 0.3) is 5.91 Å². The predicted molar refractivity (Wildman–Crippen MR) is 122 cm³/mol. The number of hydrogen-bond donors (Lipinski definition) is 2. The van der Waals surface area contributed by atoms with Crippen molar-refractivity contribution in [3.63, 3.8) is 0 Å². The van der Waals surface area contributed by atoms with Gasteiger partial charge in [0.1, 0.15) is 6.10 Å². The maximum atomic E-state index is 12.1. The fourth-order valence-corrected chi connectivity index (χ4v) is 4.28. The molecule has 0 fully saturated rings. The molecule has 1 aliphatic heterocycles. The Kier molecular flexibility index (Phi) is 6.43. The number of thiophene rings is 1. The van der Waals surface area contributed by atoms with Crippen molar-refractivity contribution in [2.45, 2.75) is 12.5 Å². The summed E-state index contributed by atoms with van der Waals surface area (Å²) in [5.41, 5.74) is 3.18. The minimum absolute atomic E-state index is 0.173. The second-order valence-electron chi connectivity index (χ2n) is 6.46. The second kappa shape index (κ2) is 9.22. The maximum absolute atomic E-state index is 12.1. The first-order valence-electron chi connectivity index (χ1n) is 8.92. The summed E-state index contributed by atoms with van der Waals surface area (Å²) in [5, 5.41) is 11.1. The second-order valence-corrected chi connectivity index (χ2v) is 8.99. The van der Waals surface area contributed by atoms with Crippen molar-refractivity contribution in [1.82, 2.24) is 10.3 Å². The Morgan fingerprint density at radius 1 is 1.10 bits per heavy atom. The zero-order chi connectivity index (χ0) is 21.1. The molecule has 30 heavy (non-hydrogen) atoms. The van der Waals surface area contributed by atoms with Crippen LogP contribution in [0.25, 0.3) is 0 Å². The molecule has 3 heterocycles. The van der Waals surface area contributed by atoms with E-state index in [2.05, 4.69) is 20.8 Å². The number of pyridine rings is 1. The van der Waals surface area contributed by atoms with E-state index in [0.717, 1.165) is 17.0 Å². The van der Waals surface area contributed by atoms with Crippen molar-refractivity contribution in [2.75, 3.05) is 11.9 Å². The number of rotatable bonds is 6. The van der Waals surface area contributed by atoms with Gasteiger partial charge in [-0.2, -0.15) is 0 Å². The van der Waals surface area contributed by atoms with Crippen LogP contribution in [0.3, 0.4) is 0 Å². The standard InChI is InChI=1S/C20H15Cl3N4O2S/c21-14-9-24-10-15(22)19(14)26-12-3-1-11(2-4-12)16-7-13(29-27-16)8-25-20(28)17-5-6-18(23)30-17/h1-6,9-10,13H,7-8H2,(H,24,26)(H,25,28). The van der Waals surface area contributed by atoms with Crippen molar-refractivity contribution < 1.29 is 9.63 Å². The first-order chi connectivity index (χ1) is 14.5. The normalized spacial score (nSPS) is 15.4. The van der Waals surface area contributed by atoms with Crippen LogP contribution < -0.4 is 10.6 Å². The molecular formula is C20H15Cl3N4O2S. The Morgan fingerprint density at radius 2 is 1.83 bits per heavy atom. The summed E-state index contributed by atoms with van der Waals surface area (Å²) in [6.07, 6.45) is 3.44. The molecule has 1 amide bonds. The Balaban J connectivity index is 1.32. The third kappa shape index (κ3) is 4.87. The van der Waals surface area contributed by atoms with E-state index in [1.54, 1.807) is 12.1 Å². The zero-order valence-corrected chi connectivity index (χ0v) is 18.4. The van der Waals surface area contributed by atoms with Crippen molar-refractivity contribution in [3.05, 3.63) is 73.6 Å². The number of oxime groups is 1. The van der Waals surface area contributed by atoms with Gasteiger partial charge in [-0.25, -0.2) is 0 Å². The molecule has 0 bridgehead atoms. The van der Waals surface area contributed by atoms with E-state index in [-0.39, 0.29) is 12.0 Å². The van der Waals surface area contributed by atoms with Crippen molar-refractivity contribution in [2.24, 2.45) is 5.16 Å². The SMILES string of the molecule is O=C(NCC1CC(c2ccc(Nc3c(Cl)cncc3Cl)cc2)=NO1)c1ccc(Cl)s1. The molecule has 4 rings (SSSR count). The number of carbonyl (C=O) groups is 1. The molecule has 3 aromatic rings. The van der Waals surface area contributed by atoms with Crippen LogP contribution in [0.1, 0.15) is 21.7 Å². The van der Waals surface area contributed by atoms with E-state index in [1.807, 2.05) is 24.3 Å². The minimum atomic E-state index is -0.216. The summed E-state index contributed by atoms with van der Waals surface area (Å²) in [6.45, 7) is 0.361. The van der Waals surface area contributed by atoms with Gasteiger partial charge in [0, 0.05) is 24.5 Å². The van der Waals surface area contributed by atoms with Crippen LogP contribution >= 0.6 is 46.1 Å². The fourth-order valence-electron chi connectivity index (χ4n) is 2.86. The highest BCUT2D eigenvalue weighted by Gasteiger charge is 2.23. The summed E-state index contributed by atoms with van der Waals surface area (Å²) in [7, 11) is 0. The van der Waals surface area contributed by atoms with Crippen LogP contribution in [0.5, 0.6) is 0 Å². The Labute approximate surface area is 191 Å². The van der Waals surface area contributed by atoms with Crippen LogP contribution in [-0.2, 0) is 4.84 Å². The largest absolute Gasteiger partial charge is 0.390 e. The topological polar surface area (TPSA) is 75.6 Å². The van der Waals surface area contributed by atoms with E-state index in [1.165, 1.54) is 23.7 Å². The molecule has 0 saturated heterocycles. The molecule has 0 aliphatic carbocycles. The minimum Gasteiger partial charge on any atom is -0.390 e. The van der Waals surface area contributed by atoms with Gasteiger partial charge in [-0.15, -0.1) is 11.3 Å². The monoisotopic (exact) mass is 480 g/mol. The summed E-state index contributed by atoms with van der Waals surface area (Å²) >= 11 is 19.4. The number of nitrogens with one attached hydrogen (secondary N) is 2. The Morgan fingerprint density at radius 3 is 2.50 bits per heavy atom. The van der Waals surface area contributed by atoms with Gasteiger partial charge in [0.05, 0.1) is 37.2 Å². The lowest BCUT2D eigenvalue weighted by atomic mass is 10.0. The molecular weight excluding hydrogens is 467 g/mol. The Bertz CT molecular complexity index is 1080.